The zero-order chi connectivity index (χ0) is 16.9. The van der Waals surface area contributed by atoms with Gasteiger partial charge in [-0.15, -0.1) is 0 Å². The molecule has 2 heterocycles. The number of aromatic nitrogens is 1. The highest BCUT2D eigenvalue weighted by molar-refractivity contribution is 5.94. The minimum Gasteiger partial charge on any atom is -0.393 e. The van der Waals surface area contributed by atoms with Crippen LogP contribution in [-0.2, 0) is 6.42 Å². The monoisotopic (exact) mass is 328 g/mol. The maximum absolute atomic E-state index is 13.3. The standard InChI is InChI=1S/C19H21FN2O2/c20-16-4-1-3-14(11-16)12-17-13-15(6-8-21-17)19(24)22-9-2-5-18(23)7-10-22/h1,3-4,6,8,11,13,18,23H,2,5,7,9-10,12H2/t18-/m1/s1. The van der Waals surface area contributed by atoms with E-state index in [-0.39, 0.29) is 17.8 Å². The summed E-state index contributed by atoms with van der Waals surface area (Å²) in [6, 6.07) is 9.88. The summed E-state index contributed by atoms with van der Waals surface area (Å²) in [6.45, 7) is 1.24. The molecule has 24 heavy (non-hydrogen) atoms. The van der Waals surface area contributed by atoms with E-state index < -0.39 is 0 Å². The fraction of sp³-hybridized carbons (Fsp3) is 0.368. The number of hydrogen-bond acceptors (Lipinski definition) is 3. The van der Waals surface area contributed by atoms with Crippen molar-refractivity contribution in [2.45, 2.75) is 31.8 Å². The summed E-state index contributed by atoms with van der Waals surface area (Å²) in [5.41, 5.74) is 2.15. The molecule has 1 aromatic carbocycles. The minimum absolute atomic E-state index is 0.0352. The van der Waals surface area contributed by atoms with Crippen LogP contribution >= 0.6 is 0 Å². The molecular weight excluding hydrogens is 307 g/mol. The van der Waals surface area contributed by atoms with Crippen molar-refractivity contribution in [3.05, 3.63) is 65.2 Å². The second-order valence-corrected chi connectivity index (χ2v) is 6.22. The summed E-state index contributed by atoms with van der Waals surface area (Å²) in [7, 11) is 0. The van der Waals surface area contributed by atoms with Gasteiger partial charge in [0.05, 0.1) is 6.10 Å². The molecule has 0 spiro atoms. The van der Waals surface area contributed by atoms with E-state index in [0.29, 0.717) is 31.5 Å². The van der Waals surface area contributed by atoms with Crippen LogP contribution in [0.15, 0.2) is 42.6 Å². The van der Waals surface area contributed by atoms with Crippen molar-refractivity contribution >= 4 is 5.91 Å². The third-order valence-electron chi connectivity index (χ3n) is 4.32. The molecule has 126 valence electrons. The zero-order valence-corrected chi connectivity index (χ0v) is 13.5. The first kappa shape index (κ1) is 16.6. The maximum atomic E-state index is 13.3. The summed E-state index contributed by atoms with van der Waals surface area (Å²) in [6.07, 6.45) is 3.96. The molecule has 4 nitrogen and oxygen atoms in total. The van der Waals surface area contributed by atoms with Gasteiger partial charge in [-0.05, 0) is 49.1 Å². The Morgan fingerprint density at radius 2 is 2.12 bits per heavy atom. The lowest BCUT2D eigenvalue weighted by Gasteiger charge is -2.20. The molecule has 0 radical (unpaired) electrons. The largest absolute Gasteiger partial charge is 0.393 e. The number of carbonyl (C=O) groups is 1. The Kier molecular flexibility index (Phi) is 5.20. The highest BCUT2D eigenvalue weighted by atomic mass is 19.1. The highest BCUT2D eigenvalue weighted by Crippen LogP contribution is 2.16. The molecule has 1 fully saturated rings. The average Bonchev–Trinajstić information content (AvgIpc) is 2.79. The highest BCUT2D eigenvalue weighted by Gasteiger charge is 2.20. The van der Waals surface area contributed by atoms with E-state index in [9.17, 15) is 14.3 Å². The van der Waals surface area contributed by atoms with Crippen LogP contribution in [0.25, 0.3) is 0 Å². The number of aliphatic hydroxyl groups is 1. The van der Waals surface area contributed by atoms with Crippen molar-refractivity contribution in [2.24, 2.45) is 0 Å². The molecule has 0 saturated carbocycles. The van der Waals surface area contributed by atoms with E-state index >= 15 is 0 Å². The van der Waals surface area contributed by atoms with E-state index in [0.717, 1.165) is 24.1 Å². The molecule has 0 aliphatic carbocycles. The molecule has 1 atom stereocenters. The summed E-state index contributed by atoms with van der Waals surface area (Å²) in [4.78, 5) is 18.8. The second kappa shape index (κ2) is 7.53. The van der Waals surface area contributed by atoms with Gasteiger partial charge in [0.2, 0.25) is 0 Å². The van der Waals surface area contributed by atoms with Crippen molar-refractivity contribution in [3.8, 4) is 0 Å². The van der Waals surface area contributed by atoms with Crippen LogP contribution in [0.3, 0.4) is 0 Å². The fourth-order valence-electron chi connectivity index (χ4n) is 3.03. The number of carbonyl (C=O) groups excluding carboxylic acids is 1. The molecule has 3 rings (SSSR count). The number of amides is 1. The molecule has 0 bridgehead atoms. The molecule has 1 aliphatic rings. The molecule has 1 amide bonds. The van der Waals surface area contributed by atoms with Gasteiger partial charge in [0.1, 0.15) is 5.82 Å². The van der Waals surface area contributed by atoms with Gasteiger partial charge in [0.25, 0.3) is 5.91 Å². The third kappa shape index (κ3) is 4.17. The van der Waals surface area contributed by atoms with Crippen LogP contribution in [0.4, 0.5) is 4.39 Å². The number of pyridine rings is 1. The van der Waals surface area contributed by atoms with Gasteiger partial charge in [-0.3, -0.25) is 9.78 Å². The topological polar surface area (TPSA) is 53.4 Å². The molecule has 1 N–H and O–H groups in total. The van der Waals surface area contributed by atoms with Crippen molar-refractivity contribution in [3.63, 3.8) is 0 Å². The number of halogens is 1. The first-order valence-electron chi connectivity index (χ1n) is 8.28. The van der Waals surface area contributed by atoms with Gasteiger partial charge < -0.3 is 10.0 Å². The minimum atomic E-state index is -0.316. The van der Waals surface area contributed by atoms with Gasteiger partial charge >= 0.3 is 0 Å². The Labute approximate surface area is 141 Å². The van der Waals surface area contributed by atoms with E-state index in [1.165, 1.54) is 12.1 Å². The smallest absolute Gasteiger partial charge is 0.253 e. The normalized spacial score (nSPS) is 18.2. The van der Waals surface area contributed by atoms with Gasteiger partial charge in [0, 0.05) is 37.0 Å². The lowest BCUT2D eigenvalue weighted by molar-refractivity contribution is 0.0753. The summed E-state index contributed by atoms with van der Waals surface area (Å²) < 4.78 is 13.3. The first-order valence-corrected chi connectivity index (χ1v) is 8.28. The average molecular weight is 328 g/mol. The number of nitrogens with zero attached hydrogens (tertiary/aromatic N) is 2. The molecule has 1 saturated heterocycles. The quantitative estimate of drug-likeness (QED) is 0.943. The molecule has 0 unspecified atom stereocenters. The zero-order valence-electron chi connectivity index (χ0n) is 13.5. The predicted molar refractivity (Wildman–Crippen MR) is 89.2 cm³/mol. The molecule has 1 aliphatic heterocycles. The Morgan fingerprint density at radius 1 is 1.25 bits per heavy atom. The number of benzene rings is 1. The van der Waals surface area contributed by atoms with Gasteiger partial charge in [-0.25, -0.2) is 4.39 Å². The number of rotatable bonds is 3. The van der Waals surface area contributed by atoms with E-state index in [4.69, 9.17) is 0 Å². The van der Waals surface area contributed by atoms with Gasteiger partial charge in [0.15, 0.2) is 0 Å². The predicted octanol–water partition coefficient (Wildman–Crippen LogP) is 2.80. The molecule has 2 aromatic rings. The summed E-state index contributed by atoms with van der Waals surface area (Å²) in [5.74, 6) is -0.310. The van der Waals surface area contributed by atoms with E-state index in [1.54, 1.807) is 29.3 Å². The van der Waals surface area contributed by atoms with Crippen LogP contribution < -0.4 is 0 Å². The summed E-state index contributed by atoms with van der Waals surface area (Å²) >= 11 is 0. The molecule has 5 heteroatoms. The summed E-state index contributed by atoms with van der Waals surface area (Å²) in [5, 5.41) is 9.71. The van der Waals surface area contributed by atoms with Gasteiger partial charge in [-0.1, -0.05) is 12.1 Å². The van der Waals surface area contributed by atoms with Crippen molar-refractivity contribution in [1.82, 2.24) is 9.88 Å². The molecular formula is C19H21FN2O2. The van der Waals surface area contributed by atoms with Crippen LogP contribution in [0.1, 0.15) is 40.9 Å². The lowest BCUT2D eigenvalue weighted by Crippen LogP contribution is -2.32. The Balaban J connectivity index is 1.73. The second-order valence-electron chi connectivity index (χ2n) is 6.22. The fourth-order valence-corrected chi connectivity index (χ4v) is 3.03. The van der Waals surface area contributed by atoms with E-state index in [1.807, 2.05) is 6.07 Å². The van der Waals surface area contributed by atoms with Crippen molar-refractivity contribution in [2.75, 3.05) is 13.1 Å². The van der Waals surface area contributed by atoms with Crippen LogP contribution in [-0.4, -0.2) is 40.1 Å². The Morgan fingerprint density at radius 3 is 2.96 bits per heavy atom. The number of aliphatic hydroxyl groups excluding tert-OH is 1. The molecule has 1 aromatic heterocycles. The van der Waals surface area contributed by atoms with Crippen LogP contribution in [0.2, 0.25) is 0 Å². The van der Waals surface area contributed by atoms with Crippen molar-refractivity contribution < 1.29 is 14.3 Å². The number of hydrogen-bond donors (Lipinski definition) is 1. The van der Waals surface area contributed by atoms with Crippen LogP contribution in [0.5, 0.6) is 0 Å². The van der Waals surface area contributed by atoms with Crippen molar-refractivity contribution in [1.29, 1.82) is 0 Å². The SMILES string of the molecule is O=C(c1ccnc(Cc2cccc(F)c2)c1)N1CCC[C@@H](O)CC1. The van der Waals surface area contributed by atoms with Gasteiger partial charge in [-0.2, -0.15) is 0 Å². The number of likely N-dealkylation sites (tertiary alicyclic amines) is 1. The Bertz CT molecular complexity index is 720. The maximum Gasteiger partial charge on any atom is 0.253 e. The first-order chi connectivity index (χ1) is 11.6. The lowest BCUT2D eigenvalue weighted by atomic mass is 10.1. The van der Waals surface area contributed by atoms with Crippen LogP contribution in [0, 0.1) is 5.82 Å². The van der Waals surface area contributed by atoms with E-state index in [2.05, 4.69) is 4.98 Å². The third-order valence-corrected chi connectivity index (χ3v) is 4.32. The Hall–Kier alpha value is -2.27.